The predicted octanol–water partition coefficient (Wildman–Crippen LogP) is 2.38. The Hall–Kier alpha value is -1.06. The van der Waals surface area contributed by atoms with Crippen LogP contribution in [0, 0.1) is 23.7 Å². The first-order chi connectivity index (χ1) is 8.02. The maximum atomic E-state index is 9.43. The minimum Gasteiger partial charge on any atom is -0.481 e. The van der Waals surface area contributed by atoms with E-state index in [0.717, 1.165) is 0 Å². The van der Waals surface area contributed by atoms with Gasteiger partial charge in [-0.1, -0.05) is 0 Å². The molecule has 0 unspecified atom stereocenters. The van der Waals surface area contributed by atoms with Gasteiger partial charge in [0.2, 0.25) is 0 Å². The molecule has 2 N–H and O–H groups in total. The Morgan fingerprint density at radius 2 is 0.941 bits per heavy atom. The number of aliphatic carboxylic acids is 2. The molecule has 4 fully saturated rings. The summed E-state index contributed by atoms with van der Waals surface area (Å²) >= 11 is 0. The van der Waals surface area contributed by atoms with Crippen LogP contribution in [0.1, 0.15) is 44.9 Å². The molecular weight excluding hydrogens is 220 g/mol. The van der Waals surface area contributed by atoms with Gasteiger partial charge in [0.1, 0.15) is 6.42 Å². The fourth-order valence-electron chi connectivity index (χ4n) is 4.11. The van der Waals surface area contributed by atoms with Crippen LogP contribution in [0.2, 0.25) is 0 Å². The van der Waals surface area contributed by atoms with Gasteiger partial charge in [-0.25, -0.2) is 0 Å². The minimum absolute atomic E-state index is 0.806. The van der Waals surface area contributed by atoms with Crippen molar-refractivity contribution in [3.63, 3.8) is 0 Å². The highest BCUT2D eigenvalue weighted by Gasteiger charge is 2.41. The standard InChI is InChI=1S/C10H16.C3H4O4/c1-7-2-9-4-8(1)5-10(3-7)6-9;4-2(5)1-3(6)7/h7-10H,1-6H2;1H2,(H,4,5)(H,6,7). The van der Waals surface area contributed by atoms with Crippen LogP contribution in [0.15, 0.2) is 0 Å². The molecule has 0 amide bonds. The zero-order valence-electron chi connectivity index (χ0n) is 9.97. The molecule has 0 radical (unpaired) electrons. The van der Waals surface area contributed by atoms with Gasteiger partial charge in [0.05, 0.1) is 0 Å². The van der Waals surface area contributed by atoms with Gasteiger partial charge in [-0.3, -0.25) is 9.59 Å². The third-order valence-electron chi connectivity index (χ3n) is 4.30. The summed E-state index contributed by atoms with van der Waals surface area (Å²) in [6.45, 7) is 0. The van der Waals surface area contributed by atoms with Gasteiger partial charge >= 0.3 is 11.9 Å². The average Bonchev–Trinajstić information content (AvgIpc) is 2.12. The first-order valence-corrected chi connectivity index (χ1v) is 6.46. The largest absolute Gasteiger partial charge is 0.481 e. The molecule has 4 saturated carbocycles. The van der Waals surface area contributed by atoms with E-state index in [2.05, 4.69) is 0 Å². The molecule has 0 aromatic heterocycles. The molecule has 96 valence electrons. The lowest BCUT2D eigenvalue weighted by atomic mass is 9.56. The Bertz CT molecular complexity index is 242. The Balaban J connectivity index is 0.000000139. The van der Waals surface area contributed by atoms with E-state index in [1.165, 1.54) is 23.7 Å². The van der Waals surface area contributed by atoms with Crippen LogP contribution in [0.4, 0.5) is 0 Å². The van der Waals surface area contributed by atoms with Crippen molar-refractivity contribution in [1.82, 2.24) is 0 Å². The SMILES string of the molecule is C1C2CC3CC1CC(C2)C3.O=C(O)CC(=O)O. The molecule has 0 heterocycles. The molecule has 0 saturated heterocycles. The molecule has 0 aliphatic heterocycles. The summed E-state index contributed by atoms with van der Waals surface area (Å²) in [7, 11) is 0. The lowest BCUT2D eigenvalue weighted by Crippen LogP contribution is -2.38. The summed E-state index contributed by atoms with van der Waals surface area (Å²) in [6.07, 6.45) is 8.82. The third-order valence-corrected chi connectivity index (χ3v) is 4.30. The van der Waals surface area contributed by atoms with E-state index in [1.54, 1.807) is 38.5 Å². The molecular formula is C13H20O4. The quantitative estimate of drug-likeness (QED) is 0.727. The van der Waals surface area contributed by atoms with Crippen LogP contribution in [-0.2, 0) is 9.59 Å². The Morgan fingerprint density at radius 3 is 1.06 bits per heavy atom. The number of carbonyl (C=O) groups is 2. The summed E-state index contributed by atoms with van der Waals surface area (Å²) in [5.41, 5.74) is 0. The Morgan fingerprint density at radius 1 is 0.706 bits per heavy atom. The van der Waals surface area contributed by atoms with Crippen molar-refractivity contribution in [1.29, 1.82) is 0 Å². The highest BCUT2D eigenvalue weighted by Crippen LogP contribution is 2.53. The summed E-state index contributed by atoms with van der Waals surface area (Å²) in [5.74, 6) is 2.08. The monoisotopic (exact) mass is 240 g/mol. The number of rotatable bonds is 2. The molecule has 0 aromatic rings. The van der Waals surface area contributed by atoms with Gasteiger partial charge in [-0.05, 0) is 62.2 Å². The molecule has 0 atom stereocenters. The fourth-order valence-corrected chi connectivity index (χ4v) is 4.11. The molecule has 4 heteroatoms. The second-order valence-electron chi connectivity index (χ2n) is 5.84. The number of hydrogen-bond donors (Lipinski definition) is 2. The first-order valence-electron chi connectivity index (χ1n) is 6.46. The van der Waals surface area contributed by atoms with Gasteiger partial charge in [-0.15, -0.1) is 0 Å². The van der Waals surface area contributed by atoms with Gasteiger partial charge in [0.25, 0.3) is 0 Å². The topological polar surface area (TPSA) is 74.6 Å². The van der Waals surface area contributed by atoms with Crippen molar-refractivity contribution in [2.24, 2.45) is 23.7 Å². The highest BCUT2D eigenvalue weighted by molar-refractivity contribution is 5.88. The van der Waals surface area contributed by atoms with Crippen molar-refractivity contribution in [2.45, 2.75) is 44.9 Å². The molecule has 4 rings (SSSR count). The lowest BCUT2D eigenvalue weighted by Gasteiger charge is -2.49. The number of hydrogen-bond acceptors (Lipinski definition) is 2. The normalized spacial score (nSPS) is 37.2. The molecule has 4 nitrogen and oxygen atoms in total. The number of carboxylic acids is 2. The van der Waals surface area contributed by atoms with Crippen molar-refractivity contribution < 1.29 is 19.8 Å². The van der Waals surface area contributed by atoms with Crippen LogP contribution < -0.4 is 0 Å². The average molecular weight is 240 g/mol. The molecule has 0 spiro atoms. The van der Waals surface area contributed by atoms with Gasteiger partial charge in [0, 0.05) is 0 Å². The van der Waals surface area contributed by atoms with E-state index in [-0.39, 0.29) is 0 Å². The van der Waals surface area contributed by atoms with Crippen molar-refractivity contribution in [2.75, 3.05) is 0 Å². The zero-order valence-corrected chi connectivity index (χ0v) is 9.97. The maximum absolute atomic E-state index is 9.43. The van der Waals surface area contributed by atoms with Crippen molar-refractivity contribution >= 4 is 11.9 Å². The van der Waals surface area contributed by atoms with Crippen LogP contribution in [0.25, 0.3) is 0 Å². The van der Waals surface area contributed by atoms with Gasteiger partial charge in [-0.2, -0.15) is 0 Å². The first kappa shape index (κ1) is 12.4. The van der Waals surface area contributed by atoms with Crippen LogP contribution in [-0.4, -0.2) is 22.2 Å². The van der Waals surface area contributed by atoms with Crippen molar-refractivity contribution in [3.8, 4) is 0 Å². The second-order valence-corrected chi connectivity index (χ2v) is 5.84. The molecule has 4 aliphatic carbocycles. The molecule has 0 aromatic carbocycles. The fraction of sp³-hybridized carbons (Fsp3) is 0.846. The highest BCUT2D eigenvalue weighted by atomic mass is 16.4. The summed E-state index contributed by atoms with van der Waals surface area (Å²) in [6, 6.07) is 0. The third kappa shape index (κ3) is 3.45. The smallest absolute Gasteiger partial charge is 0.314 e. The summed E-state index contributed by atoms with van der Waals surface area (Å²) < 4.78 is 0. The maximum Gasteiger partial charge on any atom is 0.314 e. The lowest BCUT2D eigenvalue weighted by molar-refractivity contribution is -0.147. The van der Waals surface area contributed by atoms with Crippen LogP contribution in [0.3, 0.4) is 0 Å². The van der Waals surface area contributed by atoms with Gasteiger partial charge < -0.3 is 10.2 Å². The van der Waals surface area contributed by atoms with E-state index in [1.807, 2.05) is 0 Å². The molecule has 4 aliphatic rings. The Kier molecular flexibility index (Phi) is 3.69. The second kappa shape index (κ2) is 5.07. The predicted molar refractivity (Wildman–Crippen MR) is 61.6 cm³/mol. The zero-order chi connectivity index (χ0) is 12.4. The van der Waals surface area contributed by atoms with E-state index in [4.69, 9.17) is 10.2 Å². The number of carboxylic acid groups (broad SMARTS) is 2. The van der Waals surface area contributed by atoms with Crippen LogP contribution >= 0.6 is 0 Å². The van der Waals surface area contributed by atoms with E-state index < -0.39 is 18.4 Å². The summed E-state index contributed by atoms with van der Waals surface area (Å²) in [5, 5.41) is 15.4. The van der Waals surface area contributed by atoms with Crippen LogP contribution in [0.5, 0.6) is 0 Å². The Labute approximate surface area is 101 Å². The van der Waals surface area contributed by atoms with Crippen molar-refractivity contribution in [3.05, 3.63) is 0 Å². The molecule has 17 heavy (non-hydrogen) atoms. The van der Waals surface area contributed by atoms with E-state index in [0.29, 0.717) is 0 Å². The summed E-state index contributed by atoms with van der Waals surface area (Å²) in [4.78, 5) is 18.9. The van der Waals surface area contributed by atoms with E-state index >= 15 is 0 Å². The van der Waals surface area contributed by atoms with Gasteiger partial charge in [0.15, 0.2) is 0 Å². The van der Waals surface area contributed by atoms with E-state index in [9.17, 15) is 9.59 Å². The minimum atomic E-state index is -1.31. The molecule has 4 bridgehead atoms.